The Morgan fingerprint density at radius 1 is 1.12 bits per heavy atom. The summed E-state index contributed by atoms with van der Waals surface area (Å²) in [7, 11) is 0. The molecule has 1 aliphatic heterocycles. The summed E-state index contributed by atoms with van der Waals surface area (Å²) in [4.78, 5) is 13.1. The van der Waals surface area contributed by atoms with Gasteiger partial charge in [0.2, 0.25) is 0 Å². The predicted molar refractivity (Wildman–Crippen MR) is 121 cm³/mol. The molecule has 8 nitrogen and oxygen atoms in total. The minimum Gasteiger partial charge on any atom is -0.488 e. The second-order valence-electron chi connectivity index (χ2n) is 8.75. The van der Waals surface area contributed by atoms with E-state index in [9.17, 15) is 10.2 Å². The number of ether oxygens (including phenoxy) is 1. The van der Waals surface area contributed by atoms with Gasteiger partial charge in [-0.1, -0.05) is 12.1 Å². The highest BCUT2D eigenvalue weighted by atomic mass is 16.5. The zero-order chi connectivity index (χ0) is 21.7. The molecular formula is C24H25N5O3. The van der Waals surface area contributed by atoms with Crippen LogP contribution in [-0.2, 0) is 6.42 Å². The van der Waals surface area contributed by atoms with E-state index in [-0.39, 0.29) is 12.0 Å². The highest BCUT2D eigenvalue weighted by Crippen LogP contribution is 2.39. The summed E-state index contributed by atoms with van der Waals surface area (Å²) in [6, 6.07) is 10.1. The first-order valence-corrected chi connectivity index (χ1v) is 11.1. The summed E-state index contributed by atoms with van der Waals surface area (Å²) in [6.45, 7) is 1.41. The van der Waals surface area contributed by atoms with Gasteiger partial charge in [-0.15, -0.1) is 0 Å². The summed E-state index contributed by atoms with van der Waals surface area (Å²) in [5, 5.41) is 26.8. The number of nitrogens with one attached hydrogen (secondary N) is 1. The van der Waals surface area contributed by atoms with Gasteiger partial charge < -0.3 is 24.8 Å². The van der Waals surface area contributed by atoms with Gasteiger partial charge >= 0.3 is 0 Å². The van der Waals surface area contributed by atoms with Crippen molar-refractivity contribution >= 4 is 27.8 Å². The predicted octanol–water partition coefficient (Wildman–Crippen LogP) is 2.70. The van der Waals surface area contributed by atoms with Crippen molar-refractivity contribution in [2.75, 3.05) is 18.5 Å². The van der Waals surface area contributed by atoms with E-state index in [1.54, 1.807) is 6.20 Å². The number of benzene rings is 1. The van der Waals surface area contributed by atoms with Gasteiger partial charge in [-0.25, -0.2) is 15.0 Å². The fourth-order valence-corrected chi connectivity index (χ4v) is 5.10. The van der Waals surface area contributed by atoms with Crippen LogP contribution in [-0.4, -0.2) is 55.1 Å². The maximum absolute atomic E-state index is 10.8. The second kappa shape index (κ2) is 7.72. The quantitative estimate of drug-likeness (QED) is 0.456. The topological polar surface area (TPSA) is 105 Å². The van der Waals surface area contributed by atoms with Crippen molar-refractivity contribution in [2.45, 2.75) is 37.5 Å². The van der Waals surface area contributed by atoms with Crippen molar-refractivity contribution < 1.29 is 14.9 Å². The number of rotatable bonds is 4. The lowest BCUT2D eigenvalue weighted by atomic mass is 9.95. The van der Waals surface area contributed by atoms with Gasteiger partial charge in [-0.2, -0.15) is 0 Å². The minimum absolute atomic E-state index is 0.0107. The van der Waals surface area contributed by atoms with Gasteiger partial charge in [0.1, 0.15) is 24.7 Å². The lowest BCUT2D eigenvalue weighted by molar-refractivity contribution is 0.00545. The van der Waals surface area contributed by atoms with Crippen LogP contribution in [0.5, 0.6) is 5.75 Å². The molecular weight excluding hydrogens is 406 g/mol. The first kappa shape index (κ1) is 19.5. The van der Waals surface area contributed by atoms with Gasteiger partial charge in [0.05, 0.1) is 24.2 Å². The number of aromatic nitrogens is 4. The van der Waals surface area contributed by atoms with E-state index in [0.717, 1.165) is 52.9 Å². The lowest BCUT2D eigenvalue weighted by Crippen LogP contribution is -2.29. The molecule has 32 heavy (non-hydrogen) atoms. The number of aliphatic hydroxyl groups is 2. The molecule has 0 spiro atoms. The fraction of sp³-hybridized carbons (Fsp3) is 0.375. The van der Waals surface area contributed by atoms with Gasteiger partial charge in [-0.05, 0) is 48.9 Å². The highest BCUT2D eigenvalue weighted by molar-refractivity contribution is 5.84. The molecule has 0 amide bonds. The van der Waals surface area contributed by atoms with Crippen LogP contribution in [0.3, 0.4) is 0 Å². The van der Waals surface area contributed by atoms with E-state index in [2.05, 4.69) is 33.5 Å². The molecule has 8 heteroatoms. The highest BCUT2D eigenvalue weighted by Gasteiger charge is 2.42. The number of hydrogen-bond acceptors (Lipinski definition) is 7. The van der Waals surface area contributed by atoms with Crippen LogP contribution in [0.1, 0.15) is 24.4 Å². The molecule has 0 unspecified atom stereocenters. The largest absolute Gasteiger partial charge is 0.488 e. The van der Waals surface area contributed by atoms with E-state index in [1.807, 2.05) is 22.9 Å². The van der Waals surface area contributed by atoms with Crippen molar-refractivity contribution in [3.63, 3.8) is 0 Å². The Hall–Kier alpha value is -3.23. The Bertz CT molecular complexity index is 1290. The molecule has 4 aromatic rings. The number of aryl methyl sites for hydroxylation is 1. The molecule has 6 rings (SSSR count). The summed E-state index contributed by atoms with van der Waals surface area (Å²) in [5.41, 5.74) is 2.90. The van der Waals surface area contributed by atoms with E-state index in [1.165, 1.54) is 11.9 Å². The molecule has 1 aliphatic carbocycles. The Balaban J connectivity index is 1.19. The second-order valence-corrected chi connectivity index (χ2v) is 8.75. The molecule has 0 radical (unpaired) electrons. The zero-order valence-corrected chi connectivity index (χ0v) is 17.6. The number of fused-ring (bicyclic) bond motifs is 3. The van der Waals surface area contributed by atoms with Crippen LogP contribution < -0.4 is 10.1 Å². The van der Waals surface area contributed by atoms with Gasteiger partial charge in [0, 0.05) is 23.2 Å². The molecule has 164 valence electrons. The molecule has 4 heterocycles. The van der Waals surface area contributed by atoms with Crippen molar-refractivity contribution in [3.05, 3.63) is 54.6 Å². The Morgan fingerprint density at radius 3 is 3.00 bits per heavy atom. The third kappa shape index (κ3) is 3.27. The first-order valence-electron chi connectivity index (χ1n) is 11.1. The molecule has 4 atom stereocenters. The van der Waals surface area contributed by atoms with E-state index >= 15 is 0 Å². The molecule has 0 saturated heterocycles. The third-order valence-electron chi connectivity index (χ3n) is 6.81. The third-order valence-corrected chi connectivity index (χ3v) is 6.81. The number of pyridine rings is 1. The monoisotopic (exact) mass is 431 g/mol. The Morgan fingerprint density at radius 2 is 2.06 bits per heavy atom. The van der Waals surface area contributed by atoms with E-state index < -0.39 is 12.2 Å². The van der Waals surface area contributed by atoms with Crippen molar-refractivity contribution in [1.82, 2.24) is 19.5 Å². The van der Waals surface area contributed by atoms with Crippen LogP contribution in [0.2, 0.25) is 0 Å². The van der Waals surface area contributed by atoms with Crippen LogP contribution in [0, 0.1) is 5.92 Å². The van der Waals surface area contributed by atoms with Crippen LogP contribution in [0.4, 0.5) is 5.82 Å². The minimum atomic E-state index is -0.818. The van der Waals surface area contributed by atoms with E-state index in [4.69, 9.17) is 9.72 Å². The molecule has 1 fully saturated rings. The molecule has 1 aromatic carbocycles. The molecule has 1 saturated carbocycles. The molecule has 2 aliphatic rings. The van der Waals surface area contributed by atoms with E-state index in [0.29, 0.717) is 13.0 Å². The molecule has 3 aromatic heterocycles. The number of nitrogens with zero attached hydrogens (tertiary/aromatic N) is 4. The Labute approximate surface area is 184 Å². The van der Waals surface area contributed by atoms with Gasteiger partial charge in [0.15, 0.2) is 11.6 Å². The maximum atomic E-state index is 10.8. The number of hydrogen-bond donors (Lipinski definition) is 3. The number of anilines is 1. The zero-order valence-electron chi connectivity index (χ0n) is 17.6. The summed E-state index contributed by atoms with van der Waals surface area (Å²) < 4.78 is 7.65. The summed E-state index contributed by atoms with van der Waals surface area (Å²) in [5.74, 6) is 1.60. The van der Waals surface area contributed by atoms with Crippen LogP contribution in [0.15, 0.2) is 49.1 Å². The SMILES string of the molecule is O[C@@H]1[C@@H](CCc2ccc3cc4c(nc3c2)NCCO4)C[C@@H](n2ccc3cncnc32)[C@@H]1O. The lowest BCUT2D eigenvalue weighted by Gasteiger charge is -2.19. The molecule has 3 N–H and O–H groups in total. The normalized spacial score (nSPS) is 24.9. The average Bonchev–Trinajstić information content (AvgIpc) is 3.37. The first-order chi connectivity index (χ1) is 15.7. The Kier molecular flexibility index (Phi) is 4.69. The summed E-state index contributed by atoms with van der Waals surface area (Å²) in [6.07, 6.45) is 5.94. The van der Waals surface area contributed by atoms with Crippen molar-refractivity contribution in [1.29, 1.82) is 0 Å². The van der Waals surface area contributed by atoms with Crippen LogP contribution >= 0.6 is 0 Å². The van der Waals surface area contributed by atoms with Gasteiger partial charge in [0.25, 0.3) is 0 Å². The van der Waals surface area contributed by atoms with Crippen molar-refractivity contribution in [2.24, 2.45) is 5.92 Å². The fourth-order valence-electron chi connectivity index (χ4n) is 5.10. The summed E-state index contributed by atoms with van der Waals surface area (Å²) >= 11 is 0. The van der Waals surface area contributed by atoms with Crippen molar-refractivity contribution in [3.8, 4) is 5.75 Å². The van der Waals surface area contributed by atoms with Gasteiger partial charge in [-0.3, -0.25) is 0 Å². The average molecular weight is 431 g/mol. The molecule has 0 bridgehead atoms. The number of aliphatic hydroxyl groups excluding tert-OH is 2. The maximum Gasteiger partial charge on any atom is 0.169 e. The van der Waals surface area contributed by atoms with Crippen LogP contribution in [0.25, 0.3) is 21.9 Å². The standard InChI is InChI=1S/C24H25N5O3/c30-21-16(10-19(22(21)31)29-7-5-17-12-25-13-27-24(17)29)4-2-14-1-3-15-11-20-23(26-6-8-32-20)28-18(15)9-14/h1,3,5,7,9,11-13,16,19,21-22,30-31H,2,4,6,8,10H2,(H,26,28)/t16-,19+,21+,22-/m0/s1. The smallest absolute Gasteiger partial charge is 0.169 e.